The summed E-state index contributed by atoms with van der Waals surface area (Å²) < 4.78 is 0. The van der Waals surface area contributed by atoms with Gasteiger partial charge < -0.3 is 10.0 Å². The van der Waals surface area contributed by atoms with Crippen LogP contribution >= 0.6 is 0 Å². The van der Waals surface area contributed by atoms with E-state index in [4.69, 9.17) is 0 Å². The highest BCUT2D eigenvalue weighted by Gasteiger charge is 2.41. The highest BCUT2D eigenvalue weighted by atomic mass is 16.3. The van der Waals surface area contributed by atoms with Crippen molar-refractivity contribution in [2.45, 2.75) is 19.4 Å². The fourth-order valence-electron chi connectivity index (χ4n) is 3.08. The summed E-state index contributed by atoms with van der Waals surface area (Å²) in [5, 5.41) is 9.32. The average Bonchev–Trinajstić information content (AvgIpc) is 2.23. The van der Waals surface area contributed by atoms with Gasteiger partial charge in [-0.25, -0.2) is 0 Å². The van der Waals surface area contributed by atoms with E-state index in [0.717, 1.165) is 32.6 Å². The van der Waals surface area contributed by atoms with E-state index in [1.165, 1.54) is 0 Å². The number of nitrogens with zero attached hydrogens (tertiary/aromatic N) is 2. The van der Waals surface area contributed by atoms with Gasteiger partial charge in [-0.3, -0.25) is 9.69 Å². The number of ketones is 1. The number of Topliss-reactive ketones (excluding diaryl/α,β-unsaturated/α-hetero) is 1. The number of carbonyl (C=O) groups is 1. The lowest BCUT2D eigenvalue weighted by Gasteiger charge is -2.45. The van der Waals surface area contributed by atoms with Crippen molar-refractivity contribution < 1.29 is 9.90 Å². The zero-order valence-corrected chi connectivity index (χ0v) is 10.2. The Morgan fingerprint density at radius 3 is 2.31 bits per heavy atom. The Balaban J connectivity index is 2.05. The number of hydrogen-bond donors (Lipinski definition) is 1. The van der Waals surface area contributed by atoms with Crippen LogP contribution in [0.1, 0.15) is 13.3 Å². The number of likely N-dealkylation sites (tertiary alicyclic amines) is 2. The van der Waals surface area contributed by atoms with Crippen LogP contribution in [0, 0.1) is 11.8 Å². The van der Waals surface area contributed by atoms with Gasteiger partial charge in [-0.05, 0) is 13.5 Å². The molecule has 1 N–H and O–H groups in total. The molecule has 0 amide bonds. The predicted octanol–water partition coefficient (Wildman–Crippen LogP) is -0.180. The first-order valence-electron chi connectivity index (χ1n) is 6.22. The molecule has 0 aliphatic carbocycles. The van der Waals surface area contributed by atoms with Crippen molar-refractivity contribution >= 4 is 5.78 Å². The maximum Gasteiger partial charge on any atom is 0.144 e. The fourth-order valence-corrected chi connectivity index (χ4v) is 3.08. The molecule has 2 bridgehead atoms. The van der Waals surface area contributed by atoms with Gasteiger partial charge in [0.1, 0.15) is 5.78 Å². The van der Waals surface area contributed by atoms with Crippen LogP contribution in [0.4, 0.5) is 0 Å². The molecule has 0 spiro atoms. The second-order valence-corrected chi connectivity index (χ2v) is 5.22. The zero-order valence-electron chi connectivity index (χ0n) is 10.2. The quantitative estimate of drug-likeness (QED) is 0.725. The van der Waals surface area contributed by atoms with Gasteiger partial charge in [0, 0.05) is 44.1 Å². The predicted molar refractivity (Wildman–Crippen MR) is 62.2 cm³/mol. The van der Waals surface area contributed by atoms with E-state index in [1.54, 1.807) is 0 Å². The van der Waals surface area contributed by atoms with Gasteiger partial charge in [-0.15, -0.1) is 0 Å². The molecule has 2 aliphatic rings. The fraction of sp³-hybridized carbons (Fsp3) is 0.917. The minimum absolute atomic E-state index is 0.165. The molecule has 0 radical (unpaired) electrons. The van der Waals surface area contributed by atoms with Crippen LogP contribution in [0.15, 0.2) is 0 Å². The number of aliphatic hydroxyl groups is 1. The summed E-state index contributed by atoms with van der Waals surface area (Å²) in [7, 11) is 2.09. The van der Waals surface area contributed by atoms with Gasteiger partial charge in [-0.2, -0.15) is 0 Å². The molecule has 0 saturated carbocycles. The third-order valence-electron chi connectivity index (χ3n) is 3.98. The van der Waals surface area contributed by atoms with E-state index in [9.17, 15) is 9.90 Å². The number of rotatable bonds is 3. The van der Waals surface area contributed by atoms with Crippen molar-refractivity contribution in [1.82, 2.24) is 9.80 Å². The SMILES string of the molecule is CC[C@H](CO)N1C[C@H]2CN(C)C[C@@H](C1)C2=O. The summed E-state index contributed by atoms with van der Waals surface area (Å²) >= 11 is 0. The highest BCUT2D eigenvalue weighted by Crippen LogP contribution is 2.26. The molecule has 4 nitrogen and oxygen atoms in total. The first-order chi connectivity index (χ1) is 7.65. The topological polar surface area (TPSA) is 43.8 Å². The van der Waals surface area contributed by atoms with Gasteiger partial charge in [0.05, 0.1) is 6.61 Å². The Morgan fingerprint density at radius 2 is 1.88 bits per heavy atom. The molecule has 0 aromatic heterocycles. The minimum Gasteiger partial charge on any atom is -0.395 e. The second kappa shape index (κ2) is 4.82. The summed E-state index contributed by atoms with van der Waals surface area (Å²) in [5.41, 5.74) is 0. The van der Waals surface area contributed by atoms with Gasteiger partial charge in [0.15, 0.2) is 0 Å². The first kappa shape index (κ1) is 12.0. The van der Waals surface area contributed by atoms with Crippen LogP contribution in [0.3, 0.4) is 0 Å². The summed E-state index contributed by atoms with van der Waals surface area (Å²) in [4.78, 5) is 16.5. The second-order valence-electron chi connectivity index (χ2n) is 5.22. The Morgan fingerprint density at radius 1 is 1.31 bits per heavy atom. The standard InChI is InChI=1S/C12H22N2O2/c1-3-11(8-15)14-6-9-4-13(2)5-10(7-14)12(9)16/h9-11,15H,3-8H2,1-2H3/t9-,10+,11-/m1/s1. The van der Waals surface area contributed by atoms with E-state index in [-0.39, 0.29) is 24.5 Å². The van der Waals surface area contributed by atoms with Crippen LogP contribution in [-0.4, -0.2) is 66.6 Å². The molecule has 2 fully saturated rings. The maximum atomic E-state index is 12.0. The number of hydrogen-bond acceptors (Lipinski definition) is 4. The van der Waals surface area contributed by atoms with Crippen LogP contribution in [0.5, 0.6) is 0 Å². The lowest BCUT2D eigenvalue weighted by atomic mass is 9.82. The Bertz CT molecular complexity index is 248. The lowest BCUT2D eigenvalue weighted by Crippen LogP contribution is -2.59. The highest BCUT2D eigenvalue weighted by molar-refractivity contribution is 5.85. The Hall–Kier alpha value is -0.450. The molecule has 2 aliphatic heterocycles. The van der Waals surface area contributed by atoms with E-state index in [1.807, 2.05) is 0 Å². The third-order valence-corrected chi connectivity index (χ3v) is 3.98. The molecule has 0 unspecified atom stereocenters. The minimum atomic E-state index is 0.165. The number of carbonyl (C=O) groups excluding carboxylic acids is 1. The molecule has 92 valence electrons. The molecule has 3 atom stereocenters. The van der Waals surface area contributed by atoms with Crippen LogP contribution in [0.2, 0.25) is 0 Å². The normalized spacial score (nSPS) is 34.1. The largest absolute Gasteiger partial charge is 0.395 e. The van der Waals surface area contributed by atoms with Crippen LogP contribution in [-0.2, 0) is 4.79 Å². The molecule has 0 aromatic carbocycles. The van der Waals surface area contributed by atoms with Crippen molar-refractivity contribution in [3.63, 3.8) is 0 Å². The van der Waals surface area contributed by atoms with Crippen molar-refractivity contribution in [3.05, 3.63) is 0 Å². The number of aliphatic hydroxyl groups excluding tert-OH is 1. The molecule has 2 saturated heterocycles. The molecule has 16 heavy (non-hydrogen) atoms. The summed E-state index contributed by atoms with van der Waals surface area (Å²) in [6.07, 6.45) is 0.958. The van der Waals surface area contributed by atoms with Crippen molar-refractivity contribution in [2.24, 2.45) is 11.8 Å². The summed E-state index contributed by atoms with van der Waals surface area (Å²) in [5.74, 6) is 0.776. The average molecular weight is 226 g/mol. The monoisotopic (exact) mass is 226 g/mol. The van der Waals surface area contributed by atoms with Gasteiger partial charge in [-0.1, -0.05) is 6.92 Å². The maximum absolute atomic E-state index is 12.0. The van der Waals surface area contributed by atoms with Crippen LogP contribution < -0.4 is 0 Å². The smallest absolute Gasteiger partial charge is 0.144 e. The van der Waals surface area contributed by atoms with Gasteiger partial charge in [0.2, 0.25) is 0 Å². The third kappa shape index (κ3) is 2.14. The van der Waals surface area contributed by atoms with Gasteiger partial charge >= 0.3 is 0 Å². The molecule has 2 heterocycles. The Labute approximate surface area is 97.2 Å². The first-order valence-corrected chi connectivity index (χ1v) is 6.22. The van der Waals surface area contributed by atoms with E-state index in [2.05, 4.69) is 23.8 Å². The van der Waals surface area contributed by atoms with Crippen molar-refractivity contribution in [3.8, 4) is 0 Å². The van der Waals surface area contributed by atoms with E-state index >= 15 is 0 Å². The lowest BCUT2D eigenvalue weighted by molar-refractivity contribution is -0.138. The van der Waals surface area contributed by atoms with Crippen LogP contribution in [0.25, 0.3) is 0 Å². The molecular weight excluding hydrogens is 204 g/mol. The van der Waals surface area contributed by atoms with Crippen molar-refractivity contribution in [1.29, 1.82) is 0 Å². The zero-order chi connectivity index (χ0) is 11.7. The Kier molecular flexibility index (Phi) is 3.62. The van der Waals surface area contributed by atoms with E-state index in [0.29, 0.717) is 5.78 Å². The number of fused-ring (bicyclic) bond motifs is 2. The van der Waals surface area contributed by atoms with E-state index < -0.39 is 0 Å². The molecule has 2 rings (SSSR count). The van der Waals surface area contributed by atoms with Crippen molar-refractivity contribution in [2.75, 3.05) is 39.8 Å². The summed E-state index contributed by atoms with van der Waals surface area (Å²) in [6, 6.07) is 0.238. The molecule has 0 aromatic rings. The van der Waals surface area contributed by atoms with Gasteiger partial charge in [0.25, 0.3) is 0 Å². The molecule has 4 heteroatoms. The summed E-state index contributed by atoms with van der Waals surface area (Å²) in [6.45, 7) is 5.73. The number of piperidine rings is 2. The molecular formula is C12H22N2O2.